The van der Waals surface area contributed by atoms with E-state index in [4.69, 9.17) is 16.9 Å². The van der Waals surface area contributed by atoms with Crippen molar-refractivity contribution in [2.24, 2.45) is 0 Å². The molecular formula is C27H25ClN6OS. The Bertz CT molecular complexity index is 1430. The molecule has 4 aromatic rings. The molecule has 0 spiro atoms. The van der Waals surface area contributed by atoms with Gasteiger partial charge in [-0.2, -0.15) is 5.26 Å². The number of anilines is 1. The predicted molar refractivity (Wildman–Crippen MR) is 144 cm³/mol. The number of carbonyl (C=O) groups excluding carboxylic acids is 1. The summed E-state index contributed by atoms with van der Waals surface area (Å²) in [6, 6.07) is 21.8. The van der Waals surface area contributed by atoms with Crippen molar-refractivity contribution in [3.63, 3.8) is 0 Å². The van der Waals surface area contributed by atoms with E-state index in [9.17, 15) is 4.79 Å². The van der Waals surface area contributed by atoms with Gasteiger partial charge in [-0.1, -0.05) is 53.7 Å². The lowest BCUT2D eigenvalue weighted by Gasteiger charge is -2.18. The summed E-state index contributed by atoms with van der Waals surface area (Å²) in [5, 5.41) is 24.9. The lowest BCUT2D eigenvalue weighted by atomic mass is 10.1. The summed E-state index contributed by atoms with van der Waals surface area (Å²) in [4.78, 5) is 12.7. The number of nitrogens with zero attached hydrogens (tertiary/aromatic N) is 4. The Morgan fingerprint density at radius 2 is 1.83 bits per heavy atom. The van der Waals surface area contributed by atoms with Crippen LogP contribution in [0.1, 0.15) is 41.0 Å². The van der Waals surface area contributed by atoms with Gasteiger partial charge in [-0.25, -0.2) is 4.79 Å². The topological polar surface area (TPSA) is 95.6 Å². The normalized spacial score (nSPS) is 11.5. The number of rotatable bonds is 7. The maximum absolute atomic E-state index is 12.7. The zero-order valence-electron chi connectivity index (χ0n) is 20.1. The summed E-state index contributed by atoms with van der Waals surface area (Å²) in [6.07, 6.45) is 0. The number of halogens is 1. The van der Waals surface area contributed by atoms with Crippen LogP contribution in [0.25, 0.3) is 5.69 Å². The number of benzene rings is 3. The summed E-state index contributed by atoms with van der Waals surface area (Å²) in [6.45, 7) is 5.95. The Kier molecular flexibility index (Phi) is 7.93. The predicted octanol–water partition coefficient (Wildman–Crippen LogP) is 6.58. The molecule has 0 aliphatic heterocycles. The second-order valence-electron chi connectivity index (χ2n) is 8.33. The lowest BCUT2D eigenvalue weighted by Crippen LogP contribution is -2.32. The molecule has 1 unspecified atom stereocenters. The number of nitriles is 1. The number of aryl methyl sites for hydroxylation is 2. The Hall–Kier alpha value is -3.80. The molecule has 0 saturated carbocycles. The summed E-state index contributed by atoms with van der Waals surface area (Å²) in [5.74, 6) is 1.31. The third kappa shape index (κ3) is 5.88. The van der Waals surface area contributed by atoms with Crippen molar-refractivity contribution in [2.45, 2.75) is 37.7 Å². The highest BCUT2D eigenvalue weighted by Gasteiger charge is 2.22. The number of nitrogens with one attached hydrogen (secondary N) is 2. The molecule has 4 rings (SSSR count). The Labute approximate surface area is 219 Å². The molecule has 0 radical (unpaired) electrons. The summed E-state index contributed by atoms with van der Waals surface area (Å²) in [5.41, 5.74) is 5.40. The number of carbonyl (C=O) groups is 1. The molecule has 9 heteroatoms. The molecule has 182 valence electrons. The highest BCUT2D eigenvalue weighted by molar-refractivity contribution is 7.98. The molecule has 36 heavy (non-hydrogen) atoms. The van der Waals surface area contributed by atoms with Gasteiger partial charge in [0, 0.05) is 16.5 Å². The number of hydrogen-bond donors (Lipinski definition) is 2. The molecular weight excluding hydrogens is 492 g/mol. The van der Waals surface area contributed by atoms with E-state index in [0.29, 0.717) is 27.3 Å². The zero-order valence-corrected chi connectivity index (χ0v) is 21.7. The van der Waals surface area contributed by atoms with E-state index in [2.05, 4.69) is 46.0 Å². The second-order valence-corrected chi connectivity index (χ2v) is 9.71. The van der Waals surface area contributed by atoms with Gasteiger partial charge in [0.1, 0.15) is 0 Å². The van der Waals surface area contributed by atoms with Crippen molar-refractivity contribution in [2.75, 3.05) is 5.32 Å². The van der Waals surface area contributed by atoms with Crippen LogP contribution >= 0.6 is 23.4 Å². The lowest BCUT2D eigenvalue weighted by molar-refractivity contribution is 0.249. The average molecular weight is 517 g/mol. The van der Waals surface area contributed by atoms with E-state index in [0.717, 1.165) is 17.0 Å². The van der Waals surface area contributed by atoms with Crippen molar-refractivity contribution in [1.82, 2.24) is 20.1 Å². The minimum atomic E-state index is -0.456. The van der Waals surface area contributed by atoms with Gasteiger partial charge in [0.15, 0.2) is 11.0 Å². The van der Waals surface area contributed by atoms with Crippen LogP contribution in [-0.4, -0.2) is 20.8 Å². The first-order valence-corrected chi connectivity index (χ1v) is 12.7. The van der Waals surface area contributed by atoms with Crippen LogP contribution in [0.2, 0.25) is 5.02 Å². The number of amides is 2. The smallest absolute Gasteiger partial charge is 0.319 e. The zero-order chi connectivity index (χ0) is 25.7. The highest BCUT2D eigenvalue weighted by atomic mass is 35.5. The quantitative estimate of drug-likeness (QED) is 0.270. The first kappa shape index (κ1) is 25.3. The van der Waals surface area contributed by atoms with Crippen molar-refractivity contribution in [3.8, 4) is 11.8 Å². The summed E-state index contributed by atoms with van der Waals surface area (Å²) < 4.78 is 1.96. The average Bonchev–Trinajstić information content (AvgIpc) is 3.29. The molecule has 1 atom stereocenters. The highest BCUT2D eigenvalue weighted by Crippen LogP contribution is 2.31. The molecule has 0 bridgehead atoms. The summed E-state index contributed by atoms with van der Waals surface area (Å²) in [7, 11) is 0. The molecule has 7 nitrogen and oxygen atoms in total. The van der Waals surface area contributed by atoms with E-state index in [1.165, 1.54) is 11.1 Å². The number of urea groups is 1. The molecule has 0 saturated heterocycles. The molecule has 3 aromatic carbocycles. The molecule has 1 heterocycles. The van der Waals surface area contributed by atoms with Crippen LogP contribution in [0, 0.1) is 25.2 Å². The van der Waals surface area contributed by atoms with E-state index >= 15 is 0 Å². The van der Waals surface area contributed by atoms with Crippen LogP contribution in [-0.2, 0) is 5.75 Å². The molecule has 1 aromatic heterocycles. The van der Waals surface area contributed by atoms with Gasteiger partial charge in [-0.05, 0) is 73.9 Å². The Morgan fingerprint density at radius 1 is 1.08 bits per heavy atom. The maximum Gasteiger partial charge on any atom is 0.319 e. The van der Waals surface area contributed by atoms with Crippen molar-refractivity contribution in [1.29, 1.82) is 5.26 Å². The monoisotopic (exact) mass is 516 g/mol. The number of aromatic nitrogens is 3. The van der Waals surface area contributed by atoms with Crippen LogP contribution in [0.3, 0.4) is 0 Å². The van der Waals surface area contributed by atoms with E-state index < -0.39 is 12.1 Å². The van der Waals surface area contributed by atoms with E-state index in [1.807, 2.05) is 48.7 Å². The molecule has 0 fully saturated rings. The second kappa shape index (κ2) is 11.3. The third-order valence-electron chi connectivity index (χ3n) is 5.70. The van der Waals surface area contributed by atoms with Gasteiger partial charge in [0.05, 0.1) is 23.4 Å². The molecule has 2 amide bonds. The van der Waals surface area contributed by atoms with Crippen LogP contribution in [0.5, 0.6) is 0 Å². The molecule has 0 aliphatic carbocycles. The maximum atomic E-state index is 12.7. The Morgan fingerprint density at radius 3 is 2.56 bits per heavy atom. The standard InChI is InChI=1S/C27H25ClN6OS/c1-17-6-4-5-7-21(17)16-36-27-33-32-25(34(27)24-14-22(28)11-8-18(24)2)19(3)30-26(35)31-23-12-9-20(15-29)10-13-23/h4-14,19H,16H2,1-3H3,(H2,30,31,35). The minimum absolute atomic E-state index is 0.390. The summed E-state index contributed by atoms with van der Waals surface area (Å²) >= 11 is 7.93. The first-order chi connectivity index (χ1) is 17.4. The van der Waals surface area contributed by atoms with Crippen LogP contribution < -0.4 is 10.6 Å². The van der Waals surface area contributed by atoms with Gasteiger partial charge in [0.2, 0.25) is 0 Å². The molecule has 0 aliphatic rings. The van der Waals surface area contributed by atoms with E-state index in [1.54, 1.807) is 36.0 Å². The molecule has 2 N–H and O–H groups in total. The minimum Gasteiger partial charge on any atom is -0.328 e. The first-order valence-electron chi connectivity index (χ1n) is 11.3. The van der Waals surface area contributed by atoms with Crippen LogP contribution in [0.15, 0.2) is 71.9 Å². The van der Waals surface area contributed by atoms with Crippen molar-refractivity contribution < 1.29 is 4.79 Å². The number of hydrogen-bond acceptors (Lipinski definition) is 5. The fourth-order valence-corrected chi connectivity index (χ4v) is 4.87. The van der Waals surface area contributed by atoms with Gasteiger partial charge in [-0.15, -0.1) is 10.2 Å². The van der Waals surface area contributed by atoms with Gasteiger partial charge in [-0.3, -0.25) is 4.57 Å². The van der Waals surface area contributed by atoms with Crippen molar-refractivity contribution in [3.05, 3.63) is 99.8 Å². The number of thioether (sulfide) groups is 1. The van der Waals surface area contributed by atoms with Gasteiger partial charge in [0.25, 0.3) is 0 Å². The fourth-order valence-electron chi connectivity index (χ4n) is 3.68. The van der Waals surface area contributed by atoms with Crippen LogP contribution in [0.4, 0.5) is 10.5 Å². The fraction of sp³-hybridized carbons (Fsp3) is 0.185. The van der Waals surface area contributed by atoms with Gasteiger partial charge < -0.3 is 10.6 Å². The van der Waals surface area contributed by atoms with E-state index in [-0.39, 0.29) is 0 Å². The van der Waals surface area contributed by atoms with Crippen molar-refractivity contribution >= 4 is 35.1 Å². The Balaban J connectivity index is 1.60. The SMILES string of the molecule is Cc1ccccc1CSc1nnc(C(C)NC(=O)Nc2ccc(C#N)cc2)n1-c1cc(Cl)ccc1C. The third-order valence-corrected chi connectivity index (χ3v) is 6.91. The van der Waals surface area contributed by atoms with Gasteiger partial charge >= 0.3 is 6.03 Å². The largest absolute Gasteiger partial charge is 0.328 e.